The Morgan fingerprint density at radius 3 is 2.41 bits per heavy atom. The molecule has 0 aliphatic carbocycles. The zero-order valence-corrected chi connectivity index (χ0v) is 20.4. The SMILES string of the molecule is Cc1ccc(NC(=O)CSc2ccccc2C(=O)O[C@@H](C)C(=O)Nc2ccnn2C(C)C)cc1. The van der Waals surface area contributed by atoms with Crippen molar-refractivity contribution in [1.29, 1.82) is 0 Å². The largest absolute Gasteiger partial charge is 0.449 e. The number of nitrogens with one attached hydrogen (secondary N) is 2. The van der Waals surface area contributed by atoms with Gasteiger partial charge in [0, 0.05) is 22.7 Å². The van der Waals surface area contributed by atoms with Crippen LogP contribution in [0.25, 0.3) is 0 Å². The predicted molar refractivity (Wildman–Crippen MR) is 133 cm³/mol. The number of amides is 2. The molecule has 9 heteroatoms. The highest BCUT2D eigenvalue weighted by Crippen LogP contribution is 2.24. The minimum absolute atomic E-state index is 0.0651. The molecule has 178 valence electrons. The molecule has 3 aromatic rings. The number of benzene rings is 2. The molecule has 2 N–H and O–H groups in total. The number of rotatable bonds is 9. The van der Waals surface area contributed by atoms with Crippen molar-refractivity contribution in [2.45, 2.75) is 44.7 Å². The molecule has 2 aromatic carbocycles. The van der Waals surface area contributed by atoms with Crippen LogP contribution in [0.5, 0.6) is 0 Å². The van der Waals surface area contributed by atoms with Crippen molar-refractivity contribution >= 4 is 41.1 Å². The van der Waals surface area contributed by atoms with E-state index in [0.717, 1.165) is 5.56 Å². The van der Waals surface area contributed by atoms with Crippen LogP contribution in [0.4, 0.5) is 11.5 Å². The van der Waals surface area contributed by atoms with E-state index in [1.54, 1.807) is 41.2 Å². The average Bonchev–Trinajstić information content (AvgIpc) is 3.27. The third-order valence-corrected chi connectivity index (χ3v) is 5.94. The maximum atomic E-state index is 12.8. The normalized spacial score (nSPS) is 11.7. The second kappa shape index (κ2) is 11.5. The summed E-state index contributed by atoms with van der Waals surface area (Å²) in [6.07, 6.45) is 0.570. The van der Waals surface area contributed by atoms with Gasteiger partial charge in [0.15, 0.2) is 6.10 Å². The number of thioether (sulfide) groups is 1. The first kappa shape index (κ1) is 25.0. The lowest BCUT2D eigenvalue weighted by Crippen LogP contribution is -2.31. The quantitative estimate of drug-likeness (QED) is 0.340. The summed E-state index contributed by atoms with van der Waals surface area (Å²) in [4.78, 5) is 38.3. The van der Waals surface area contributed by atoms with Crippen molar-refractivity contribution in [3.8, 4) is 0 Å². The smallest absolute Gasteiger partial charge is 0.340 e. The van der Waals surface area contributed by atoms with E-state index in [1.165, 1.54) is 18.7 Å². The summed E-state index contributed by atoms with van der Waals surface area (Å²) in [6, 6.07) is 16.1. The molecule has 1 aromatic heterocycles. The molecular formula is C25H28N4O4S. The van der Waals surface area contributed by atoms with Crippen molar-refractivity contribution in [2.24, 2.45) is 0 Å². The standard InChI is InChI=1S/C25H28N4O4S/c1-16(2)29-22(13-14-26-29)28-24(31)18(4)33-25(32)20-7-5-6-8-21(20)34-15-23(30)27-19-11-9-17(3)10-12-19/h5-14,16,18H,15H2,1-4H3,(H,27,30)(H,28,31)/t18-/m0/s1. The topological polar surface area (TPSA) is 102 Å². The molecule has 1 heterocycles. The van der Waals surface area contributed by atoms with E-state index in [2.05, 4.69) is 15.7 Å². The molecule has 0 radical (unpaired) electrons. The Bertz CT molecular complexity index is 1160. The molecule has 2 amide bonds. The van der Waals surface area contributed by atoms with Gasteiger partial charge in [-0.2, -0.15) is 5.10 Å². The monoisotopic (exact) mass is 480 g/mol. The Labute approximate surface area is 203 Å². The molecule has 0 aliphatic heterocycles. The minimum Gasteiger partial charge on any atom is -0.449 e. The molecule has 1 atom stereocenters. The second-order valence-electron chi connectivity index (χ2n) is 7.99. The van der Waals surface area contributed by atoms with Crippen LogP contribution in [0.1, 0.15) is 42.7 Å². The van der Waals surface area contributed by atoms with Gasteiger partial charge in [-0.25, -0.2) is 9.48 Å². The molecule has 34 heavy (non-hydrogen) atoms. The van der Waals surface area contributed by atoms with Gasteiger partial charge in [0.25, 0.3) is 5.91 Å². The minimum atomic E-state index is -1.02. The number of esters is 1. The summed E-state index contributed by atoms with van der Waals surface area (Å²) >= 11 is 1.23. The van der Waals surface area contributed by atoms with Crippen LogP contribution in [-0.4, -0.2) is 39.4 Å². The second-order valence-corrected chi connectivity index (χ2v) is 9.01. The van der Waals surface area contributed by atoms with Gasteiger partial charge in [0.1, 0.15) is 5.82 Å². The number of nitrogens with zero attached hydrogens (tertiary/aromatic N) is 2. The summed E-state index contributed by atoms with van der Waals surface area (Å²) in [6.45, 7) is 7.38. The van der Waals surface area contributed by atoms with E-state index in [1.807, 2.05) is 45.0 Å². The molecule has 0 spiro atoms. The van der Waals surface area contributed by atoms with Gasteiger partial charge in [-0.3, -0.25) is 9.59 Å². The van der Waals surface area contributed by atoms with E-state index in [4.69, 9.17) is 4.74 Å². The molecule has 3 rings (SSSR count). The van der Waals surface area contributed by atoms with Gasteiger partial charge in [0.05, 0.1) is 17.5 Å². The average molecular weight is 481 g/mol. The summed E-state index contributed by atoms with van der Waals surface area (Å²) in [5, 5.41) is 9.74. The first-order valence-corrected chi connectivity index (χ1v) is 11.9. The lowest BCUT2D eigenvalue weighted by atomic mass is 10.2. The van der Waals surface area contributed by atoms with Gasteiger partial charge in [-0.05, 0) is 52.0 Å². The van der Waals surface area contributed by atoms with Crippen LogP contribution in [0, 0.1) is 6.92 Å². The van der Waals surface area contributed by atoms with Crippen LogP contribution in [0.15, 0.2) is 65.7 Å². The van der Waals surface area contributed by atoms with Crippen LogP contribution < -0.4 is 10.6 Å². The summed E-state index contributed by atoms with van der Waals surface area (Å²) in [5.41, 5.74) is 2.11. The van der Waals surface area contributed by atoms with Crippen molar-refractivity contribution in [3.05, 3.63) is 71.9 Å². The number of carbonyl (C=O) groups excluding carboxylic acids is 3. The van der Waals surface area contributed by atoms with Gasteiger partial charge in [-0.1, -0.05) is 29.8 Å². The summed E-state index contributed by atoms with van der Waals surface area (Å²) in [7, 11) is 0. The first-order valence-electron chi connectivity index (χ1n) is 10.9. The van der Waals surface area contributed by atoms with E-state index in [9.17, 15) is 14.4 Å². The number of hydrogen-bond donors (Lipinski definition) is 2. The lowest BCUT2D eigenvalue weighted by molar-refractivity contribution is -0.123. The first-order chi connectivity index (χ1) is 16.2. The van der Waals surface area contributed by atoms with Gasteiger partial charge in [0.2, 0.25) is 5.91 Å². The van der Waals surface area contributed by atoms with E-state index < -0.39 is 18.0 Å². The highest BCUT2D eigenvalue weighted by Gasteiger charge is 2.22. The molecule has 0 bridgehead atoms. The Morgan fingerprint density at radius 1 is 1.00 bits per heavy atom. The van der Waals surface area contributed by atoms with Crippen LogP contribution in [-0.2, 0) is 14.3 Å². The predicted octanol–water partition coefficient (Wildman–Crippen LogP) is 4.69. The van der Waals surface area contributed by atoms with Crippen LogP contribution in [0.2, 0.25) is 0 Å². The van der Waals surface area contributed by atoms with Crippen LogP contribution in [0.3, 0.4) is 0 Å². The Morgan fingerprint density at radius 2 is 1.71 bits per heavy atom. The lowest BCUT2D eigenvalue weighted by Gasteiger charge is -2.16. The fourth-order valence-corrected chi connectivity index (χ4v) is 3.91. The molecule has 8 nitrogen and oxygen atoms in total. The number of aryl methyl sites for hydroxylation is 1. The van der Waals surface area contributed by atoms with Crippen LogP contribution >= 0.6 is 11.8 Å². The Hall–Kier alpha value is -3.59. The fourth-order valence-electron chi connectivity index (χ4n) is 3.07. The molecule has 0 unspecified atom stereocenters. The number of aromatic nitrogens is 2. The van der Waals surface area contributed by atoms with E-state index in [-0.39, 0.29) is 17.7 Å². The number of hydrogen-bond acceptors (Lipinski definition) is 6. The maximum Gasteiger partial charge on any atom is 0.340 e. The Balaban J connectivity index is 1.58. The maximum absolute atomic E-state index is 12.8. The zero-order chi connectivity index (χ0) is 24.7. The molecule has 0 fully saturated rings. The van der Waals surface area contributed by atoms with Gasteiger partial charge < -0.3 is 15.4 Å². The van der Waals surface area contributed by atoms with Gasteiger partial charge in [-0.15, -0.1) is 11.8 Å². The molecular weight excluding hydrogens is 452 g/mol. The third-order valence-electron chi connectivity index (χ3n) is 4.86. The zero-order valence-electron chi connectivity index (χ0n) is 19.6. The third kappa shape index (κ3) is 6.71. The van der Waals surface area contributed by atoms with E-state index in [0.29, 0.717) is 22.0 Å². The van der Waals surface area contributed by atoms with Crippen molar-refractivity contribution < 1.29 is 19.1 Å². The summed E-state index contributed by atoms with van der Waals surface area (Å²) in [5.74, 6) is -0.640. The van der Waals surface area contributed by atoms with E-state index >= 15 is 0 Å². The molecule has 0 aliphatic rings. The highest BCUT2D eigenvalue weighted by molar-refractivity contribution is 8.00. The molecule has 0 saturated heterocycles. The number of anilines is 2. The summed E-state index contributed by atoms with van der Waals surface area (Å²) < 4.78 is 7.07. The Kier molecular flexibility index (Phi) is 8.48. The fraction of sp³-hybridized carbons (Fsp3) is 0.280. The number of carbonyl (C=O) groups is 3. The van der Waals surface area contributed by atoms with Crippen molar-refractivity contribution in [3.63, 3.8) is 0 Å². The van der Waals surface area contributed by atoms with Crippen molar-refractivity contribution in [2.75, 3.05) is 16.4 Å². The molecule has 0 saturated carbocycles. The van der Waals surface area contributed by atoms with Crippen molar-refractivity contribution in [1.82, 2.24) is 9.78 Å². The highest BCUT2D eigenvalue weighted by atomic mass is 32.2. The number of ether oxygens (including phenoxy) is 1. The van der Waals surface area contributed by atoms with Gasteiger partial charge >= 0.3 is 5.97 Å².